The van der Waals surface area contributed by atoms with Gasteiger partial charge in [0.2, 0.25) is 0 Å². The molecule has 1 aromatic carbocycles. The van der Waals surface area contributed by atoms with Gasteiger partial charge >= 0.3 is 0 Å². The van der Waals surface area contributed by atoms with E-state index in [9.17, 15) is 9.35 Å². The van der Waals surface area contributed by atoms with Gasteiger partial charge in [0.25, 0.3) is 5.56 Å². The molecule has 0 aliphatic heterocycles. The highest BCUT2D eigenvalue weighted by molar-refractivity contribution is 9.10. The molecule has 7 heteroatoms. The highest BCUT2D eigenvalue weighted by Gasteiger charge is 2.26. The molecule has 0 saturated heterocycles. The quantitative estimate of drug-likeness (QED) is 0.663. The fraction of sp³-hybridized carbons (Fsp3) is 0.308. The van der Waals surface area contributed by atoms with Gasteiger partial charge in [0, 0.05) is 9.86 Å². The molecule has 106 valence electrons. The first-order valence-electron chi connectivity index (χ1n) is 5.93. The molecule has 2 aromatic rings. The van der Waals surface area contributed by atoms with Gasteiger partial charge in [-0.25, -0.2) is 5.10 Å². The molecule has 0 aliphatic carbocycles. The molecule has 5 nitrogen and oxygen atoms in total. The van der Waals surface area contributed by atoms with Crippen LogP contribution in [0.2, 0.25) is 0 Å². The number of nitrogens with zero attached hydrogens (tertiary/aromatic N) is 2. The molecule has 1 unspecified atom stereocenters. The standard InChI is InChI=1S/C13H14BrN3O2S/c1-13(2,3)20(19)15-7-11-10-6-8(14)4-5-9(10)12(18)17-16-11/h4-7H,1-3H3,(H,17,18)/b15-7-. The molecule has 1 atom stereocenters. The smallest absolute Gasteiger partial charge is 0.272 e. The van der Waals surface area contributed by atoms with Crippen molar-refractivity contribution in [3.05, 3.63) is 38.7 Å². The lowest BCUT2D eigenvalue weighted by Gasteiger charge is -2.17. The van der Waals surface area contributed by atoms with Crippen molar-refractivity contribution >= 4 is 44.3 Å². The Kier molecular flexibility index (Phi) is 4.31. The molecule has 0 aliphatic rings. The summed E-state index contributed by atoms with van der Waals surface area (Å²) in [6.07, 6.45) is 1.44. The van der Waals surface area contributed by atoms with Crippen LogP contribution >= 0.6 is 15.9 Å². The summed E-state index contributed by atoms with van der Waals surface area (Å²) in [4.78, 5) is 11.7. The van der Waals surface area contributed by atoms with E-state index in [0.29, 0.717) is 16.5 Å². The van der Waals surface area contributed by atoms with Crippen molar-refractivity contribution in [2.75, 3.05) is 0 Å². The minimum Gasteiger partial charge on any atom is -0.591 e. The lowest BCUT2D eigenvalue weighted by Crippen LogP contribution is -2.26. The second-order valence-corrected chi connectivity index (χ2v) is 8.07. The van der Waals surface area contributed by atoms with E-state index in [1.54, 1.807) is 18.2 Å². The minimum absolute atomic E-state index is 0.262. The molecular weight excluding hydrogens is 342 g/mol. The van der Waals surface area contributed by atoms with Crippen LogP contribution in [-0.4, -0.2) is 25.7 Å². The summed E-state index contributed by atoms with van der Waals surface area (Å²) in [6, 6.07) is 5.28. The third kappa shape index (κ3) is 3.28. The van der Waals surface area contributed by atoms with Crippen molar-refractivity contribution in [2.45, 2.75) is 25.5 Å². The summed E-state index contributed by atoms with van der Waals surface area (Å²) in [5.74, 6) is 0. The first-order valence-corrected chi connectivity index (χ1v) is 7.83. The van der Waals surface area contributed by atoms with Gasteiger partial charge in [0.05, 0.1) is 5.39 Å². The molecule has 0 spiro atoms. The van der Waals surface area contributed by atoms with Crippen LogP contribution in [0.4, 0.5) is 0 Å². The number of hydrogen-bond donors (Lipinski definition) is 1. The molecular formula is C13H14BrN3O2S. The van der Waals surface area contributed by atoms with Gasteiger partial charge in [-0.3, -0.25) is 4.79 Å². The van der Waals surface area contributed by atoms with Crippen molar-refractivity contribution in [3.8, 4) is 0 Å². The molecule has 0 radical (unpaired) electrons. The maximum Gasteiger partial charge on any atom is 0.272 e. The van der Waals surface area contributed by atoms with Crippen molar-refractivity contribution in [1.29, 1.82) is 0 Å². The first kappa shape index (κ1) is 15.2. The van der Waals surface area contributed by atoms with Crippen molar-refractivity contribution in [1.82, 2.24) is 10.2 Å². The molecule has 2 rings (SSSR count). The van der Waals surface area contributed by atoms with E-state index >= 15 is 0 Å². The Morgan fingerprint density at radius 1 is 1.40 bits per heavy atom. The van der Waals surface area contributed by atoms with Crippen LogP contribution in [0.5, 0.6) is 0 Å². The van der Waals surface area contributed by atoms with E-state index in [1.165, 1.54) is 6.21 Å². The zero-order valence-corrected chi connectivity index (χ0v) is 13.7. The predicted molar refractivity (Wildman–Crippen MR) is 85.6 cm³/mol. The van der Waals surface area contributed by atoms with Crippen LogP contribution in [0.1, 0.15) is 26.5 Å². The Morgan fingerprint density at radius 3 is 2.75 bits per heavy atom. The summed E-state index contributed by atoms with van der Waals surface area (Å²) in [6.45, 7) is 5.53. The molecule has 1 heterocycles. The summed E-state index contributed by atoms with van der Waals surface area (Å²) < 4.78 is 16.3. The Morgan fingerprint density at radius 2 is 2.10 bits per heavy atom. The first-order chi connectivity index (χ1) is 9.29. The van der Waals surface area contributed by atoms with Crippen LogP contribution in [-0.2, 0) is 11.4 Å². The van der Waals surface area contributed by atoms with Crippen molar-refractivity contribution in [2.24, 2.45) is 4.40 Å². The van der Waals surface area contributed by atoms with Gasteiger partial charge in [-0.05, 0) is 39.0 Å². The van der Waals surface area contributed by atoms with Crippen LogP contribution in [0.3, 0.4) is 0 Å². The molecule has 0 bridgehead atoms. The third-order valence-corrected chi connectivity index (χ3v) is 4.41. The number of aromatic amines is 1. The van der Waals surface area contributed by atoms with Gasteiger partial charge in [0.1, 0.15) is 28.0 Å². The maximum absolute atomic E-state index is 11.9. The van der Waals surface area contributed by atoms with E-state index < -0.39 is 16.1 Å². The number of aromatic nitrogens is 2. The van der Waals surface area contributed by atoms with Gasteiger partial charge in [-0.2, -0.15) is 5.10 Å². The molecule has 0 fully saturated rings. The van der Waals surface area contributed by atoms with E-state index in [4.69, 9.17) is 0 Å². The number of hydrogen-bond acceptors (Lipinski definition) is 4. The zero-order valence-electron chi connectivity index (χ0n) is 11.3. The zero-order chi connectivity index (χ0) is 14.9. The predicted octanol–water partition coefficient (Wildman–Crippen LogP) is 2.57. The van der Waals surface area contributed by atoms with E-state index in [-0.39, 0.29) is 5.56 Å². The Labute approximate surface area is 127 Å². The molecule has 1 N–H and O–H groups in total. The monoisotopic (exact) mass is 355 g/mol. The number of H-pyrrole nitrogens is 1. The Balaban J connectivity index is 2.51. The van der Waals surface area contributed by atoms with Gasteiger partial charge in [-0.1, -0.05) is 20.3 Å². The normalized spacial score (nSPS) is 14.1. The van der Waals surface area contributed by atoms with Crippen molar-refractivity contribution in [3.63, 3.8) is 0 Å². The number of rotatable bonds is 2. The molecule has 1 aromatic heterocycles. The van der Waals surface area contributed by atoms with E-state index in [1.807, 2.05) is 20.8 Å². The van der Waals surface area contributed by atoms with Gasteiger partial charge in [-0.15, -0.1) is 0 Å². The third-order valence-electron chi connectivity index (χ3n) is 2.57. The van der Waals surface area contributed by atoms with Crippen LogP contribution in [0.25, 0.3) is 10.8 Å². The highest BCUT2D eigenvalue weighted by atomic mass is 79.9. The SMILES string of the molecule is CC(C)(C)[S+]([O-])/N=C\c1n[nH]c(=O)c2ccc(Br)cc12. The molecule has 0 amide bonds. The lowest BCUT2D eigenvalue weighted by atomic mass is 10.1. The van der Waals surface area contributed by atoms with Crippen LogP contribution in [0.15, 0.2) is 31.9 Å². The number of fused-ring (bicyclic) bond motifs is 1. The number of nitrogens with one attached hydrogen (secondary N) is 1. The number of halogens is 1. The lowest BCUT2D eigenvalue weighted by molar-refractivity contribution is 0.562. The minimum atomic E-state index is -1.37. The highest BCUT2D eigenvalue weighted by Crippen LogP contribution is 2.20. The summed E-state index contributed by atoms with van der Waals surface area (Å²) in [5, 5.41) is 7.56. The fourth-order valence-corrected chi connectivity index (χ4v) is 2.39. The second-order valence-electron chi connectivity index (χ2n) is 5.22. The van der Waals surface area contributed by atoms with E-state index in [0.717, 1.165) is 4.47 Å². The Bertz CT molecular complexity index is 722. The van der Waals surface area contributed by atoms with Crippen LogP contribution < -0.4 is 5.56 Å². The number of benzene rings is 1. The Hall–Kier alpha value is -1.18. The van der Waals surface area contributed by atoms with Crippen LogP contribution in [0, 0.1) is 0 Å². The fourth-order valence-electron chi connectivity index (χ4n) is 1.51. The second kappa shape index (κ2) is 5.67. The largest absolute Gasteiger partial charge is 0.591 e. The summed E-state index contributed by atoms with van der Waals surface area (Å²) in [7, 11) is 0. The maximum atomic E-state index is 11.9. The summed E-state index contributed by atoms with van der Waals surface area (Å²) in [5.41, 5.74) is 0.222. The molecule has 0 saturated carbocycles. The average molecular weight is 356 g/mol. The molecule has 20 heavy (non-hydrogen) atoms. The topological polar surface area (TPSA) is 81.2 Å². The van der Waals surface area contributed by atoms with E-state index in [2.05, 4.69) is 30.5 Å². The van der Waals surface area contributed by atoms with Gasteiger partial charge in [0.15, 0.2) is 0 Å². The van der Waals surface area contributed by atoms with Gasteiger partial charge < -0.3 is 4.55 Å². The van der Waals surface area contributed by atoms with Crippen molar-refractivity contribution < 1.29 is 4.55 Å². The average Bonchev–Trinajstić information content (AvgIpc) is 2.36. The summed E-state index contributed by atoms with van der Waals surface area (Å²) >= 11 is 1.99.